The van der Waals surface area contributed by atoms with Crippen molar-refractivity contribution in [3.05, 3.63) is 60.4 Å². The summed E-state index contributed by atoms with van der Waals surface area (Å²) >= 11 is 0. The highest BCUT2D eigenvalue weighted by atomic mass is 16.5. The van der Waals surface area contributed by atoms with E-state index in [9.17, 15) is 4.79 Å². The summed E-state index contributed by atoms with van der Waals surface area (Å²) in [5.41, 5.74) is 0.971. The van der Waals surface area contributed by atoms with Gasteiger partial charge < -0.3 is 20.3 Å². The van der Waals surface area contributed by atoms with Crippen molar-refractivity contribution in [2.75, 3.05) is 39.8 Å². The Bertz CT molecular complexity index is 722. The van der Waals surface area contributed by atoms with Crippen LogP contribution in [-0.4, -0.2) is 61.6 Å². The van der Waals surface area contributed by atoms with Crippen molar-refractivity contribution in [3.63, 3.8) is 0 Å². The fourth-order valence-electron chi connectivity index (χ4n) is 2.42. The monoisotopic (exact) mass is 383 g/mol. The van der Waals surface area contributed by atoms with Crippen molar-refractivity contribution in [1.82, 2.24) is 20.5 Å². The van der Waals surface area contributed by atoms with E-state index >= 15 is 0 Å². The number of aromatic nitrogens is 1. The number of rotatable bonds is 10. The second kappa shape index (κ2) is 12.3. The SMILES string of the molecule is CCNC(=NCC(=O)N(C)CCc1ccccn1)NCCOc1ccccc1. The molecule has 7 heteroatoms. The number of guanidine groups is 1. The summed E-state index contributed by atoms with van der Waals surface area (Å²) < 4.78 is 5.65. The van der Waals surface area contributed by atoms with E-state index in [2.05, 4.69) is 20.6 Å². The van der Waals surface area contributed by atoms with Crippen LogP contribution in [0.1, 0.15) is 12.6 Å². The van der Waals surface area contributed by atoms with Crippen LogP contribution in [0, 0.1) is 0 Å². The van der Waals surface area contributed by atoms with Crippen LogP contribution in [0.3, 0.4) is 0 Å². The zero-order valence-corrected chi connectivity index (χ0v) is 16.6. The molecular weight excluding hydrogens is 354 g/mol. The zero-order valence-electron chi connectivity index (χ0n) is 16.6. The maximum atomic E-state index is 12.3. The number of nitrogens with one attached hydrogen (secondary N) is 2. The van der Waals surface area contributed by atoms with Gasteiger partial charge in [0, 0.05) is 38.4 Å². The van der Waals surface area contributed by atoms with E-state index in [4.69, 9.17) is 4.74 Å². The smallest absolute Gasteiger partial charge is 0.244 e. The number of nitrogens with zero attached hydrogens (tertiary/aromatic N) is 3. The molecule has 1 heterocycles. The highest BCUT2D eigenvalue weighted by Gasteiger charge is 2.09. The number of ether oxygens (including phenoxy) is 1. The summed E-state index contributed by atoms with van der Waals surface area (Å²) in [5.74, 6) is 1.40. The minimum Gasteiger partial charge on any atom is -0.492 e. The number of likely N-dealkylation sites (N-methyl/N-ethyl adjacent to an activating group) is 1. The quantitative estimate of drug-likeness (QED) is 0.371. The molecule has 28 heavy (non-hydrogen) atoms. The number of aliphatic imine (C=N–C) groups is 1. The Morgan fingerprint density at radius 3 is 2.64 bits per heavy atom. The Balaban J connectivity index is 1.72. The van der Waals surface area contributed by atoms with Gasteiger partial charge in [0.1, 0.15) is 18.9 Å². The van der Waals surface area contributed by atoms with Crippen LogP contribution in [0.15, 0.2) is 59.7 Å². The summed E-state index contributed by atoms with van der Waals surface area (Å²) in [7, 11) is 1.79. The molecular formula is C21H29N5O2. The second-order valence-corrected chi connectivity index (χ2v) is 6.17. The van der Waals surface area contributed by atoms with Crippen molar-refractivity contribution in [2.24, 2.45) is 4.99 Å². The van der Waals surface area contributed by atoms with Crippen molar-refractivity contribution >= 4 is 11.9 Å². The topological polar surface area (TPSA) is 78.9 Å². The van der Waals surface area contributed by atoms with Gasteiger partial charge in [-0.15, -0.1) is 0 Å². The van der Waals surface area contributed by atoms with Gasteiger partial charge in [-0.05, 0) is 31.2 Å². The van der Waals surface area contributed by atoms with Gasteiger partial charge in [0.05, 0.1) is 6.54 Å². The Labute approximate surface area is 166 Å². The minimum absolute atomic E-state index is 0.0336. The molecule has 0 radical (unpaired) electrons. The third-order valence-electron chi connectivity index (χ3n) is 3.98. The molecule has 2 aromatic rings. The molecule has 0 spiro atoms. The van der Waals surface area contributed by atoms with Gasteiger partial charge in [-0.3, -0.25) is 9.78 Å². The van der Waals surface area contributed by atoms with Gasteiger partial charge in [-0.25, -0.2) is 4.99 Å². The van der Waals surface area contributed by atoms with Crippen molar-refractivity contribution in [3.8, 4) is 5.75 Å². The Morgan fingerprint density at radius 1 is 1.14 bits per heavy atom. The lowest BCUT2D eigenvalue weighted by molar-refractivity contribution is -0.128. The minimum atomic E-state index is -0.0336. The molecule has 2 rings (SSSR count). The van der Waals surface area contributed by atoms with E-state index < -0.39 is 0 Å². The number of pyridine rings is 1. The molecule has 0 unspecified atom stereocenters. The van der Waals surface area contributed by atoms with E-state index in [1.54, 1.807) is 18.1 Å². The first-order valence-corrected chi connectivity index (χ1v) is 9.53. The first-order chi connectivity index (χ1) is 13.7. The van der Waals surface area contributed by atoms with Crippen LogP contribution in [0.4, 0.5) is 0 Å². The van der Waals surface area contributed by atoms with Crippen molar-refractivity contribution in [1.29, 1.82) is 0 Å². The van der Waals surface area contributed by atoms with Crippen LogP contribution >= 0.6 is 0 Å². The molecule has 1 aromatic heterocycles. The summed E-state index contributed by atoms with van der Waals surface area (Å²) in [5, 5.41) is 6.31. The maximum Gasteiger partial charge on any atom is 0.244 e. The second-order valence-electron chi connectivity index (χ2n) is 6.17. The van der Waals surface area contributed by atoms with Crippen LogP contribution in [-0.2, 0) is 11.2 Å². The van der Waals surface area contributed by atoms with Gasteiger partial charge in [0.15, 0.2) is 5.96 Å². The van der Waals surface area contributed by atoms with Gasteiger partial charge >= 0.3 is 0 Å². The fraction of sp³-hybridized carbons (Fsp3) is 0.381. The number of benzene rings is 1. The molecule has 1 amide bonds. The lowest BCUT2D eigenvalue weighted by atomic mass is 10.2. The molecule has 0 atom stereocenters. The molecule has 0 saturated heterocycles. The number of para-hydroxylation sites is 1. The Kier molecular flexibility index (Phi) is 9.34. The number of carbonyl (C=O) groups is 1. The zero-order chi connectivity index (χ0) is 20.0. The molecule has 0 aliphatic rings. The molecule has 0 aliphatic heterocycles. The van der Waals surface area contributed by atoms with Crippen LogP contribution < -0.4 is 15.4 Å². The first-order valence-electron chi connectivity index (χ1n) is 9.53. The summed E-state index contributed by atoms with van der Waals surface area (Å²) in [6, 6.07) is 15.4. The third-order valence-corrected chi connectivity index (χ3v) is 3.98. The van der Waals surface area contributed by atoms with Crippen LogP contribution in [0.5, 0.6) is 5.75 Å². The largest absolute Gasteiger partial charge is 0.492 e. The maximum absolute atomic E-state index is 12.3. The highest BCUT2D eigenvalue weighted by Crippen LogP contribution is 2.07. The van der Waals surface area contributed by atoms with E-state index in [-0.39, 0.29) is 12.5 Å². The number of amides is 1. The average Bonchev–Trinajstić information content (AvgIpc) is 2.74. The molecule has 0 fully saturated rings. The van der Waals surface area contributed by atoms with E-state index in [0.29, 0.717) is 25.7 Å². The lowest BCUT2D eigenvalue weighted by Gasteiger charge is -2.17. The molecule has 0 aliphatic carbocycles. The Hall–Kier alpha value is -3.09. The molecule has 1 aromatic carbocycles. The summed E-state index contributed by atoms with van der Waals surface area (Å²) in [4.78, 5) is 22.6. The number of carbonyl (C=O) groups excluding carboxylic acids is 1. The van der Waals surface area contributed by atoms with Gasteiger partial charge in [-0.2, -0.15) is 0 Å². The van der Waals surface area contributed by atoms with Gasteiger partial charge in [0.2, 0.25) is 5.91 Å². The number of hydrogen-bond donors (Lipinski definition) is 2. The summed E-state index contributed by atoms with van der Waals surface area (Å²) in [6.07, 6.45) is 2.49. The Morgan fingerprint density at radius 2 is 1.93 bits per heavy atom. The predicted octanol–water partition coefficient (Wildman–Crippen LogP) is 1.72. The molecule has 7 nitrogen and oxygen atoms in total. The van der Waals surface area contributed by atoms with Crippen molar-refractivity contribution in [2.45, 2.75) is 13.3 Å². The fourth-order valence-corrected chi connectivity index (χ4v) is 2.42. The molecule has 150 valence electrons. The van der Waals surface area contributed by atoms with E-state index in [1.807, 2.05) is 55.5 Å². The van der Waals surface area contributed by atoms with Gasteiger partial charge in [0.25, 0.3) is 0 Å². The van der Waals surface area contributed by atoms with Crippen LogP contribution in [0.2, 0.25) is 0 Å². The van der Waals surface area contributed by atoms with Gasteiger partial charge in [-0.1, -0.05) is 24.3 Å². The molecule has 2 N–H and O–H groups in total. The van der Waals surface area contributed by atoms with E-state index in [0.717, 1.165) is 24.4 Å². The first kappa shape index (κ1) is 21.2. The predicted molar refractivity (Wildman–Crippen MR) is 111 cm³/mol. The van der Waals surface area contributed by atoms with Crippen LogP contribution in [0.25, 0.3) is 0 Å². The number of hydrogen-bond acceptors (Lipinski definition) is 4. The normalized spacial score (nSPS) is 11.0. The summed E-state index contributed by atoms with van der Waals surface area (Å²) in [6.45, 7) is 4.50. The molecule has 0 saturated carbocycles. The average molecular weight is 383 g/mol. The lowest BCUT2D eigenvalue weighted by Crippen LogP contribution is -2.40. The van der Waals surface area contributed by atoms with E-state index in [1.165, 1.54) is 0 Å². The van der Waals surface area contributed by atoms with Crippen molar-refractivity contribution < 1.29 is 9.53 Å². The highest BCUT2D eigenvalue weighted by molar-refractivity contribution is 5.84. The third kappa shape index (κ3) is 8.07. The standard InChI is InChI=1S/C21H29N5O2/c1-3-22-21(24-14-16-28-19-10-5-4-6-11-19)25-17-20(27)26(2)15-12-18-9-7-8-13-23-18/h4-11,13H,3,12,14-17H2,1-2H3,(H2,22,24,25). The molecule has 0 bridgehead atoms.